The average Bonchev–Trinajstić information content (AvgIpc) is 2.61. The van der Waals surface area contributed by atoms with E-state index in [1.54, 1.807) is 6.92 Å². The number of carbonyl (C=O) groups excluding carboxylic acids is 2. The summed E-state index contributed by atoms with van der Waals surface area (Å²) in [5.41, 5.74) is 9.50. The number of carbonyl (C=O) groups is 2. The Morgan fingerprint density at radius 1 is 1.11 bits per heavy atom. The van der Waals surface area contributed by atoms with E-state index in [2.05, 4.69) is 5.32 Å². The summed E-state index contributed by atoms with van der Waals surface area (Å²) in [5, 5.41) is 2.97. The van der Waals surface area contributed by atoms with Crippen molar-refractivity contribution in [1.29, 1.82) is 0 Å². The number of benzene rings is 2. The molecule has 0 heterocycles. The molecule has 5 nitrogen and oxygen atoms in total. The van der Waals surface area contributed by atoms with Gasteiger partial charge in [-0.15, -0.1) is 12.4 Å². The van der Waals surface area contributed by atoms with Crippen LogP contribution in [0.15, 0.2) is 48.5 Å². The molecule has 0 fully saturated rings. The van der Waals surface area contributed by atoms with Crippen molar-refractivity contribution in [3.05, 3.63) is 65.2 Å². The third-order valence-corrected chi connectivity index (χ3v) is 4.25. The molecule has 0 aliphatic carbocycles. The van der Waals surface area contributed by atoms with Crippen LogP contribution in [0.1, 0.15) is 42.5 Å². The number of aryl methyl sites for hydroxylation is 2. The Balaban J connectivity index is 0.00000364. The topological polar surface area (TPSA) is 81.4 Å². The summed E-state index contributed by atoms with van der Waals surface area (Å²) in [6.45, 7) is 4.05. The molecular weight excluding hydrogens is 364 g/mol. The second kappa shape index (κ2) is 11.2. The number of rotatable bonds is 8. The maximum absolute atomic E-state index is 12.5. The Bertz CT molecular complexity index is 765. The molecule has 0 aliphatic rings. The Labute approximate surface area is 166 Å². The van der Waals surface area contributed by atoms with Gasteiger partial charge >= 0.3 is 5.97 Å². The van der Waals surface area contributed by atoms with Gasteiger partial charge < -0.3 is 15.8 Å². The van der Waals surface area contributed by atoms with Gasteiger partial charge in [-0.1, -0.05) is 42.5 Å². The van der Waals surface area contributed by atoms with E-state index in [4.69, 9.17) is 10.5 Å². The first-order valence-corrected chi connectivity index (χ1v) is 8.85. The van der Waals surface area contributed by atoms with E-state index in [1.165, 1.54) is 0 Å². The van der Waals surface area contributed by atoms with Crippen molar-refractivity contribution >= 4 is 30.0 Å². The van der Waals surface area contributed by atoms with Crippen LogP contribution in [0.2, 0.25) is 0 Å². The quantitative estimate of drug-likeness (QED) is 0.531. The predicted molar refractivity (Wildman–Crippen MR) is 110 cm³/mol. The normalized spacial score (nSPS) is 11.2. The molecule has 0 saturated heterocycles. The van der Waals surface area contributed by atoms with Crippen molar-refractivity contribution in [2.75, 3.05) is 12.3 Å². The summed E-state index contributed by atoms with van der Waals surface area (Å²) in [5.74, 6) is -0.445. The monoisotopic (exact) mass is 390 g/mol. The van der Waals surface area contributed by atoms with Crippen LogP contribution in [0.5, 0.6) is 0 Å². The Morgan fingerprint density at radius 3 is 2.44 bits per heavy atom. The molecule has 0 aliphatic heterocycles. The van der Waals surface area contributed by atoms with Gasteiger partial charge in [0.1, 0.15) is 0 Å². The molecule has 2 aromatic rings. The summed E-state index contributed by atoms with van der Waals surface area (Å²) < 4.78 is 5.05. The Hall–Kier alpha value is -2.53. The van der Waals surface area contributed by atoms with Crippen molar-refractivity contribution < 1.29 is 14.3 Å². The van der Waals surface area contributed by atoms with Crippen molar-refractivity contribution in [3.8, 4) is 0 Å². The van der Waals surface area contributed by atoms with E-state index in [0.29, 0.717) is 25.1 Å². The van der Waals surface area contributed by atoms with Gasteiger partial charge in [0.25, 0.3) is 0 Å². The number of amides is 1. The first-order valence-electron chi connectivity index (χ1n) is 8.85. The highest BCUT2D eigenvalue weighted by Crippen LogP contribution is 2.22. The second-order valence-corrected chi connectivity index (χ2v) is 6.18. The van der Waals surface area contributed by atoms with Gasteiger partial charge in [0.15, 0.2) is 0 Å². The van der Waals surface area contributed by atoms with Gasteiger partial charge in [-0.25, -0.2) is 0 Å². The lowest BCUT2D eigenvalue weighted by atomic mass is 9.98. The lowest BCUT2D eigenvalue weighted by Gasteiger charge is -2.20. The second-order valence-electron chi connectivity index (χ2n) is 6.18. The molecular formula is C21H27ClN2O3. The van der Waals surface area contributed by atoms with E-state index in [1.807, 2.05) is 55.5 Å². The molecule has 3 N–H and O–H groups in total. The van der Waals surface area contributed by atoms with E-state index < -0.39 is 6.04 Å². The highest BCUT2D eigenvalue weighted by Gasteiger charge is 2.20. The van der Waals surface area contributed by atoms with Crippen molar-refractivity contribution in [1.82, 2.24) is 5.32 Å². The molecule has 0 bridgehead atoms. The molecule has 1 unspecified atom stereocenters. The molecule has 146 valence electrons. The first-order chi connectivity index (χ1) is 12.5. The SMILES string of the molecule is CCOC(=O)CC(NC(=O)CCc1ccccc1N)c1ccccc1C.Cl. The fraction of sp³-hybridized carbons (Fsp3) is 0.333. The standard InChI is InChI=1S/C21H26N2O3.ClH/c1-3-26-21(25)14-19(17-10-6-4-8-15(17)2)23-20(24)13-12-16-9-5-7-11-18(16)22;/h4-11,19H,3,12-14,22H2,1-2H3,(H,23,24);1H. The molecule has 2 rings (SSSR count). The number of halogens is 1. The van der Waals surface area contributed by atoms with Crippen LogP contribution in [-0.4, -0.2) is 18.5 Å². The van der Waals surface area contributed by atoms with Crippen molar-refractivity contribution in [3.63, 3.8) is 0 Å². The Kier molecular flexibility index (Phi) is 9.37. The zero-order valence-electron chi connectivity index (χ0n) is 15.7. The van der Waals surface area contributed by atoms with Crippen molar-refractivity contribution in [2.45, 2.75) is 39.2 Å². The number of esters is 1. The summed E-state index contributed by atoms with van der Waals surface area (Å²) in [6, 6.07) is 14.8. The zero-order chi connectivity index (χ0) is 18.9. The van der Waals surface area contributed by atoms with Gasteiger partial charge in [0.2, 0.25) is 5.91 Å². The van der Waals surface area contributed by atoms with E-state index in [-0.39, 0.29) is 30.7 Å². The number of nitrogens with one attached hydrogen (secondary N) is 1. The van der Waals surface area contributed by atoms with E-state index in [9.17, 15) is 9.59 Å². The fourth-order valence-corrected chi connectivity index (χ4v) is 2.88. The van der Waals surface area contributed by atoms with Crippen LogP contribution in [-0.2, 0) is 20.7 Å². The molecule has 0 radical (unpaired) electrons. The molecule has 6 heteroatoms. The fourth-order valence-electron chi connectivity index (χ4n) is 2.88. The van der Waals surface area contributed by atoms with Gasteiger partial charge in [0, 0.05) is 12.1 Å². The predicted octanol–water partition coefficient (Wildman–Crippen LogP) is 3.74. The number of ether oxygens (including phenoxy) is 1. The van der Waals surface area contributed by atoms with Crippen LogP contribution in [0.3, 0.4) is 0 Å². The van der Waals surface area contributed by atoms with E-state index >= 15 is 0 Å². The first kappa shape index (κ1) is 22.5. The molecule has 1 amide bonds. The highest BCUT2D eigenvalue weighted by atomic mass is 35.5. The van der Waals surface area contributed by atoms with Crippen LogP contribution in [0.4, 0.5) is 5.69 Å². The van der Waals surface area contributed by atoms with Gasteiger partial charge in [0.05, 0.1) is 19.1 Å². The maximum Gasteiger partial charge on any atom is 0.308 e. The summed E-state index contributed by atoms with van der Waals surface area (Å²) >= 11 is 0. The minimum atomic E-state index is -0.407. The maximum atomic E-state index is 12.5. The lowest BCUT2D eigenvalue weighted by Crippen LogP contribution is -2.31. The number of hydrogen-bond acceptors (Lipinski definition) is 4. The number of anilines is 1. The molecule has 27 heavy (non-hydrogen) atoms. The van der Waals surface area contributed by atoms with Gasteiger partial charge in [-0.05, 0) is 43.0 Å². The highest BCUT2D eigenvalue weighted by molar-refractivity contribution is 5.85. The minimum Gasteiger partial charge on any atom is -0.466 e. The third-order valence-electron chi connectivity index (χ3n) is 4.25. The smallest absolute Gasteiger partial charge is 0.308 e. The minimum absolute atomic E-state index is 0. The number of para-hydroxylation sites is 1. The molecule has 0 aromatic heterocycles. The average molecular weight is 391 g/mol. The van der Waals surface area contributed by atoms with Crippen LogP contribution in [0.25, 0.3) is 0 Å². The summed E-state index contributed by atoms with van der Waals surface area (Å²) in [4.78, 5) is 24.4. The van der Waals surface area contributed by atoms with Crippen LogP contribution < -0.4 is 11.1 Å². The van der Waals surface area contributed by atoms with Gasteiger partial charge in [-0.2, -0.15) is 0 Å². The van der Waals surface area contributed by atoms with Gasteiger partial charge in [-0.3, -0.25) is 9.59 Å². The molecule has 1 atom stereocenters. The number of nitrogen functional groups attached to an aromatic ring is 1. The summed E-state index contributed by atoms with van der Waals surface area (Å²) in [7, 11) is 0. The Morgan fingerprint density at radius 2 is 1.78 bits per heavy atom. The van der Waals surface area contributed by atoms with Crippen LogP contribution in [0, 0.1) is 6.92 Å². The number of nitrogens with two attached hydrogens (primary N) is 1. The summed E-state index contributed by atoms with van der Waals surface area (Å²) in [6.07, 6.45) is 0.968. The lowest BCUT2D eigenvalue weighted by molar-refractivity contribution is -0.143. The number of hydrogen-bond donors (Lipinski definition) is 2. The van der Waals surface area contributed by atoms with E-state index in [0.717, 1.165) is 16.7 Å². The molecule has 0 spiro atoms. The molecule has 2 aromatic carbocycles. The largest absolute Gasteiger partial charge is 0.466 e. The zero-order valence-corrected chi connectivity index (χ0v) is 16.6. The van der Waals surface area contributed by atoms with Crippen LogP contribution >= 0.6 is 12.4 Å². The van der Waals surface area contributed by atoms with Crippen molar-refractivity contribution in [2.24, 2.45) is 0 Å². The third kappa shape index (κ3) is 6.94. The molecule has 0 saturated carbocycles.